The summed E-state index contributed by atoms with van der Waals surface area (Å²) in [5, 5.41) is 0. The van der Waals surface area contributed by atoms with Crippen LogP contribution in [0.3, 0.4) is 0 Å². The van der Waals surface area contributed by atoms with Crippen molar-refractivity contribution in [3.05, 3.63) is 95.1 Å². The van der Waals surface area contributed by atoms with Crippen molar-refractivity contribution in [2.45, 2.75) is 69.6 Å². The lowest BCUT2D eigenvalue weighted by atomic mass is 9.82. The van der Waals surface area contributed by atoms with Crippen LogP contribution in [-0.2, 0) is 0 Å². The van der Waals surface area contributed by atoms with Gasteiger partial charge in [0.25, 0.3) is 0 Å². The van der Waals surface area contributed by atoms with Gasteiger partial charge < -0.3 is 9.47 Å². The fourth-order valence-corrected chi connectivity index (χ4v) is 5.50. The SMILES string of the molecule is O=C(Oc1cc(C2CCCCC2)cc(C2CCCC2)c1OC(=O)c1ccccc1)c1ccccc1. The number of hydrogen-bond donors (Lipinski definition) is 0. The zero-order valence-electron chi connectivity index (χ0n) is 20.1. The number of carbonyl (C=O) groups is 2. The van der Waals surface area contributed by atoms with E-state index in [0.29, 0.717) is 34.5 Å². The smallest absolute Gasteiger partial charge is 0.343 e. The maximum atomic E-state index is 13.1. The van der Waals surface area contributed by atoms with Crippen LogP contribution in [0.1, 0.15) is 101 Å². The van der Waals surface area contributed by atoms with Crippen LogP contribution < -0.4 is 9.47 Å². The van der Waals surface area contributed by atoms with E-state index >= 15 is 0 Å². The van der Waals surface area contributed by atoms with Crippen LogP contribution >= 0.6 is 0 Å². The highest BCUT2D eigenvalue weighted by Crippen LogP contribution is 2.46. The van der Waals surface area contributed by atoms with Crippen LogP contribution in [0.15, 0.2) is 72.8 Å². The Hall–Kier alpha value is -3.40. The summed E-state index contributed by atoms with van der Waals surface area (Å²) >= 11 is 0. The third-order valence-electron chi connectivity index (χ3n) is 7.39. The highest BCUT2D eigenvalue weighted by molar-refractivity contribution is 5.93. The van der Waals surface area contributed by atoms with Gasteiger partial charge in [-0.25, -0.2) is 9.59 Å². The minimum absolute atomic E-state index is 0.297. The zero-order valence-corrected chi connectivity index (χ0v) is 20.1. The summed E-state index contributed by atoms with van der Waals surface area (Å²) in [4.78, 5) is 26.2. The molecule has 0 saturated heterocycles. The zero-order chi connectivity index (χ0) is 24.0. The summed E-state index contributed by atoms with van der Waals surface area (Å²) in [6.07, 6.45) is 10.4. The van der Waals surface area contributed by atoms with Crippen molar-refractivity contribution in [3.8, 4) is 11.5 Å². The molecule has 2 aliphatic rings. The fraction of sp³-hybridized carbons (Fsp3) is 0.355. The first-order chi connectivity index (χ1) is 17.2. The van der Waals surface area contributed by atoms with Gasteiger partial charge in [-0.1, -0.05) is 74.6 Å². The Morgan fingerprint density at radius 1 is 0.600 bits per heavy atom. The quantitative estimate of drug-likeness (QED) is 0.273. The molecule has 2 fully saturated rings. The average Bonchev–Trinajstić information content (AvgIpc) is 3.46. The normalized spacial score (nSPS) is 16.7. The molecule has 180 valence electrons. The lowest BCUT2D eigenvalue weighted by Crippen LogP contribution is -2.16. The second kappa shape index (κ2) is 10.9. The van der Waals surface area contributed by atoms with E-state index in [1.54, 1.807) is 24.3 Å². The van der Waals surface area contributed by atoms with E-state index < -0.39 is 11.9 Å². The number of hydrogen-bond acceptors (Lipinski definition) is 4. The maximum absolute atomic E-state index is 13.1. The highest BCUT2D eigenvalue weighted by atomic mass is 16.6. The van der Waals surface area contributed by atoms with Crippen molar-refractivity contribution in [1.29, 1.82) is 0 Å². The van der Waals surface area contributed by atoms with Gasteiger partial charge in [0, 0.05) is 5.56 Å². The molecule has 2 saturated carbocycles. The van der Waals surface area contributed by atoms with Gasteiger partial charge in [0.2, 0.25) is 0 Å². The van der Waals surface area contributed by atoms with Gasteiger partial charge in [0.15, 0.2) is 11.5 Å². The van der Waals surface area contributed by atoms with Crippen molar-refractivity contribution in [2.24, 2.45) is 0 Å². The minimum atomic E-state index is -0.444. The molecule has 2 aliphatic carbocycles. The van der Waals surface area contributed by atoms with Crippen LogP contribution in [0.4, 0.5) is 0 Å². The van der Waals surface area contributed by atoms with Gasteiger partial charge in [-0.15, -0.1) is 0 Å². The van der Waals surface area contributed by atoms with Crippen LogP contribution in [0, 0.1) is 0 Å². The van der Waals surface area contributed by atoms with E-state index in [9.17, 15) is 9.59 Å². The van der Waals surface area contributed by atoms with Crippen LogP contribution in [0.2, 0.25) is 0 Å². The van der Waals surface area contributed by atoms with Crippen molar-refractivity contribution in [2.75, 3.05) is 0 Å². The third-order valence-corrected chi connectivity index (χ3v) is 7.39. The van der Waals surface area contributed by atoms with E-state index in [2.05, 4.69) is 6.07 Å². The molecule has 0 amide bonds. The summed E-state index contributed by atoms with van der Waals surface area (Å²) in [5.41, 5.74) is 3.15. The standard InChI is InChI=1S/C31H32O4/c32-30(24-16-6-2-7-17-24)34-28-21-26(22-12-4-1-5-13-22)20-27(23-14-10-11-15-23)29(28)35-31(33)25-18-8-3-9-19-25/h2-3,6-9,16-23H,1,4-5,10-15H2. The van der Waals surface area contributed by atoms with Gasteiger partial charge in [0.05, 0.1) is 11.1 Å². The molecular weight excluding hydrogens is 436 g/mol. The second-order valence-corrected chi connectivity index (χ2v) is 9.76. The molecule has 0 spiro atoms. The molecule has 0 atom stereocenters. The summed E-state index contributed by atoms with van der Waals surface area (Å²) in [6.45, 7) is 0. The number of benzene rings is 3. The van der Waals surface area contributed by atoms with Gasteiger partial charge in [-0.05, 0) is 73.4 Å². The Morgan fingerprint density at radius 2 is 1.11 bits per heavy atom. The molecule has 4 nitrogen and oxygen atoms in total. The van der Waals surface area contributed by atoms with E-state index in [1.807, 2.05) is 42.5 Å². The van der Waals surface area contributed by atoms with Crippen LogP contribution in [0.5, 0.6) is 11.5 Å². The molecular formula is C31H32O4. The average molecular weight is 469 g/mol. The second-order valence-electron chi connectivity index (χ2n) is 9.76. The molecule has 3 aromatic rings. The first-order valence-electron chi connectivity index (χ1n) is 12.9. The summed E-state index contributed by atoms with van der Waals surface area (Å²) in [7, 11) is 0. The molecule has 5 rings (SSSR count). The van der Waals surface area contributed by atoms with Crippen molar-refractivity contribution < 1.29 is 19.1 Å². The lowest BCUT2D eigenvalue weighted by molar-refractivity contribution is 0.0680. The lowest BCUT2D eigenvalue weighted by Gasteiger charge is -2.26. The molecule has 4 heteroatoms. The van der Waals surface area contributed by atoms with Gasteiger partial charge in [0.1, 0.15) is 0 Å². The largest absolute Gasteiger partial charge is 0.419 e. The number of esters is 2. The van der Waals surface area contributed by atoms with Crippen molar-refractivity contribution in [1.82, 2.24) is 0 Å². The van der Waals surface area contributed by atoms with E-state index in [4.69, 9.17) is 9.47 Å². The predicted molar refractivity (Wildman–Crippen MR) is 136 cm³/mol. The molecule has 0 N–H and O–H groups in total. The molecule has 0 unspecified atom stereocenters. The first kappa shape index (κ1) is 23.3. The number of carbonyl (C=O) groups excluding carboxylic acids is 2. The highest BCUT2D eigenvalue weighted by Gasteiger charge is 2.29. The number of rotatable bonds is 6. The summed E-state index contributed by atoms with van der Waals surface area (Å²) < 4.78 is 12.0. The molecule has 0 bridgehead atoms. The van der Waals surface area contributed by atoms with Crippen molar-refractivity contribution in [3.63, 3.8) is 0 Å². The van der Waals surface area contributed by atoms with Gasteiger partial charge >= 0.3 is 11.9 Å². The molecule has 0 aromatic heterocycles. The predicted octanol–water partition coefficient (Wildman–Crippen LogP) is 7.83. The third kappa shape index (κ3) is 5.48. The summed E-state index contributed by atoms with van der Waals surface area (Å²) in [5.74, 6) is 0.610. The van der Waals surface area contributed by atoms with E-state index in [0.717, 1.165) is 44.1 Å². The Kier molecular flexibility index (Phi) is 7.27. The molecule has 0 radical (unpaired) electrons. The Bertz CT molecular complexity index is 1160. The number of ether oxygens (including phenoxy) is 2. The topological polar surface area (TPSA) is 52.6 Å². The first-order valence-corrected chi connectivity index (χ1v) is 12.9. The van der Waals surface area contributed by atoms with Crippen LogP contribution in [-0.4, -0.2) is 11.9 Å². The Balaban J connectivity index is 1.57. The minimum Gasteiger partial charge on any atom is -0.419 e. The molecule has 3 aromatic carbocycles. The summed E-state index contributed by atoms with van der Waals surface area (Å²) in [6, 6.07) is 22.1. The molecule has 0 aliphatic heterocycles. The Morgan fingerprint density at radius 3 is 1.71 bits per heavy atom. The van der Waals surface area contributed by atoms with E-state index in [1.165, 1.54) is 24.8 Å². The van der Waals surface area contributed by atoms with E-state index in [-0.39, 0.29) is 0 Å². The fourth-order valence-electron chi connectivity index (χ4n) is 5.50. The molecule has 0 heterocycles. The van der Waals surface area contributed by atoms with Gasteiger partial charge in [-0.2, -0.15) is 0 Å². The van der Waals surface area contributed by atoms with Crippen LogP contribution in [0.25, 0.3) is 0 Å². The van der Waals surface area contributed by atoms with Gasteiger partial charge in [-0.3, -0.25) is 0 Å². The maximum Gasteiger partial charge on any atom is 0.343 e. The van der Waals surface area contributed by atoms with Crippen molar-refractivity contribution >= 4 is 11.9 Å². The monoisotopic (exact) mass is 468 g/mol. The molecule has 35 heavy (non-hydrogen) atoms. The Labute approximate surface area is 207 Å².